The highest BCUT2D eigenvalue weighted by molar-refractivity contribution is 6.03. The average molecular weight is 519 g/mol. The maximum atomic E-state index is 13.8. The molecule has 1 aliphatic heterocycles. The van der Waals surface area contributed by atoms with Crippen molar-refractivity contribution in [2.45, 2.75) is 51.4 Å². The van der Waals surface area contributed by atoms with Crippen LogP contribution in [0, 0.1) is 0 Å². The standard InChI is InChI=1S/C32H33F3N2O/c1-23-10-6-7-17-36(23)18-9-19-37(31(38)26-13-8-14-27(21-26)32(33,34)35)22-30-28-15-4-2-11-24(28)20-25-12-3-5-16-29(25)30/h2-5,8,11-16,20-21,23H,6-7,9-10,17-19,22H2,1H3. The topological polar surface area (TPSA) is 23.6 Å². The number of alkyl halides is 3. The molecule has 0 saturated carbocycles. The Morgan fingerprint density at radius 2 is 1.61 bits per heavy atom. The van der Waals surface area contributed by atoms with Gasteiger partial charge in [-0.15, -0.1) is 0 Å². The lowest BCUT2D eigenvalue weighted by Gasteiger charge is -2.34. The van der Waals surface area contributed by atoms with Crippen molar-refractivity contribution < 1.29 is 18.0 Å². The molecule has 3 nitrogen and oxygen atoms in total. The van der Waals surface area contributed by atoms with E-state index in [2.05, 4.69) is 42.2 Å². The molecule has 1 heterocycles. The van der Waals surface area contributed by atoms with Gasteiger partial charge in [0.15, 0.2) is 0 Å². The second kappa shape index (κ2) is 11.2. The molecule has 0 aliphatic carbocycles. The molecule has 0 spiro atoms. The van der Waals surface area contributed by atoms with Crippen LogP contribution in [-0.2, 0) is 12.7 Å². The summed E-state index contributed by atoms with van der Waals surface area (Å²) in [5, 5.41) is 4.26. The number of piperidine rings is 1. The van der Waals surface area contributed by atoms with Gasteiger partial charge in [-0.05, 0) is 84.1 Å². The highest BCUT2D eigenvalue weighted by Gasteiger charge is 2.31. The van der Waals surface area contributed by atoms with E-state index in [0.717, 1.165) is 58.8 Å². The molecular weight excluding hydrogens is 485 g/mol. The van der Waals surface area contributed by atoms with Crippen molar-refractivity contribution in [3.8, 4) is 0 Å². The Hall–Kier alpha value is -3.38. The summed E-state index contributed by atoms with van der Waals surface area (Å²) in [6.07, 6.45) is -0.144. The van der Waals surface area contributed by atoms with E-state index >= 15 is 0 Å². The molecule has 1 atom stereocenters. The fourth-order valence-electron chi connectivity index (χ4n) is 5.69. The van der Waals surface area contributed by atoms with Gasteiger partial charge >= 0.3 is 6.18 Å². The predicted molar refractivity (Wildman–Crippen MR) is 147 cm³/mol. The number of amides is 1. The van der Waals surface area contributed by atoms with Crippen molar-refractivity contribution in [3.05, 3.63) is 95.6 Å². The number of rotatable bonds is 7. The van der Waals surface area contributed by atoms with Gasteiger partial charge in [-0.2, -0.15) is 13.2 Å². The van der Waals surface area contributed by atoms with Crippen molar-refractivity contribution in [1.82, 2.24) is 9.80 Å². The number of halogens is 3. The van der Waals surface area contributed by atoms with Gasteiger partial charge in [-0.3, -0.25) is 4.79 Å². The van der Waals surface area contributed by atoms with Gasteiger partial charge in [0.1, 0.15) is 0 Å². The molecule has 198 valence electrons. The van der Waals surface area contributed by atoms with Crippen LogP contribution in [0.3, 0.4) is 0 Å². The molecule has 1 unspecified atom stereocenters. The minimum atomic E-state index is -4.50. The quantitative estimate of drug-likeness (QED) is 0.232. The van der Waals surface area contributed by atoms with E-state index in [0.29, 0.717) is 19.1 Å². The van der Waals surface area contributed by atoms with Crippen LogP contribution in [0.5, 0.6) is 0 Å². The fraction of sp³-hybridized carbons (Fsp3) is 0.344. The number of hydrogen-bond acceptors (Lipinski definition) is 2. The van der Waals surface area contributed by atoms with Gasteiger partial charge in [-0.1, -0.05) is 61.0 Å². The van der Waals surface area contributed by atoms with Crippen molar-refractivity contribution in [1.29, 1.82) is 0 Å². The van der Waals surface area contributed by atoms with Crippen LogP contribution >= 0.6 is 0 Å². The number of carbonyl (C=O) groups excluding carboxylic acids is 1. The van der Waals surface area contributed by atoms with Crippen molar-refractivity contribution in [2.75, 3.05) is 19.6 Å². The summed E-state index contributed by atoms with van der Waals surface area (Å²) in [7, 11) is 0. The second-order valence-corrected chi connectivity index (χ2v) is 10.3. The smallest absolute Gasteiger partial charge is 0.334 e. The first-order chi connectivity index (χ1) is 18.3. The van der Waals surface area contributed by atoms with Gasteiger partial charge in [0.2, 0.25) is 0 Å². The monoisotopic (exact) mass is 518 g/mol. The maximum absolute atomic E-state index is 13.8. The third-order valence-electron chi connectivity index (χ3n) is 7.77. The molecule has 0 aromatic heterocycles. The molecule has 38 heavy (non-hydrogen) atoms. The van der Waals surface area contributed by atoms with E-state index in [4.69, 9.17) is 0 Å². The Kier molecular flexibility index (Phi) is 7.70. The first-order valence-corrected chi connectivity index (χ1v) is 13.4. The molecule has 1 aliphatic rings. The van der Waals surface area contributed by atoms with Crippen LogP contribution in [0.15, 0.2) is 78.9 Å². The number of likely N-dealkylation sites (tertiary alicyclic amines) is 1. The van der Waals surface area contributed by atoms with Gasteiger partial charge in [0.25, 0.3) is 5.91 Å². The summed E-state index contributed by atoms with van der Waals surface area (Å²) in [4.78, 5) is 18.0. The van der Waals surface area contributed by atoms with Gasteiger partial charge < -0.3 is 9.80 Å². The molecule has 5 rings (SSSR count). The van der Waals surface area contributed by atoms with Gasteiger partial charge in [0.05, 0.1) is 5.56 Å². The fourth-order valence-corrected chi connectivity index (χ4v) is 5.69. The number of nitrogens with zero attached hydrogens (tertiary/aromatic N) is 2. The van der Waals surface area contributed by atoms with Crippen LogP contribution < -0.4 is 0 Å². The van der Waals surface area contributed by atoms with E-state index in [-0.39, 0.29) is 11.5 Å². The molecule has 0 radical (unpaired) electrons. The lowest BCUT2D eigenvalue weighted by atomic mass is 9.96. The summed E-state index contributed by atoms with van der Waals surface area (Å²) in [5.74, 6) is -0.375. The highest BCUT2D eigenvalue weighted by atomic mass is 19.4. The van der Waals surface area contributed by atoms with E-state index < -0.39 is 11.7 Å². The van der Waals surface area contributed by atoms with Crippen molar-refractivity contribution in [3.63, 3.8) is 0 Å². The minimum absolute atomic E-state index is 0.0655. The van der Waals surface area contributed by atoms with E-state index in [1.807, 2.05) is 24.3 Å². The first-order valence-electron chi connectivity index (χ1n) is 13.4. The van der Waals surface area contributed by atoms with Gasteiger partial charge in [-0.25, -0.2) is 0 Å². The summed E-state index contributed by atoms with van der Waals surface area (Å²) >= 11 is 0. The molecule has 1 fully saturated rings. The zero-order chi connectivity index (χ0) is 26.7. The highest BCUT2D eigenvalue weighted by Crippen LogP contribution is 2.32. The maximum Gasteiger partial charge on any atom is 0.416 e. The predicted octanol–water partition coefficient (Wildman–Crippen LogP) is 7.92. The average Bonchev–Trinajstić information content (AvgIpc) is 2.92. The third kappa shape index (κ3) is 5.70. The zero-order valence-corrected chi connectivity index (χ0v) is 21.7. The van der Waals surface area contributed by atoms with Crippen LogP contribution in [0.2, 0.25) is 0 Å². The summed E-state index contributed by atoms with van der Waals surface area (Å²) in [6, 6.07) is 23.6. The number of fused-ring (bicyclic) bond motifs is 2. The molecule has 0 bridgehead atoms. The van der Waals surface area contributed by atoms with Crippen LogP contribution in [-0.4, -0.2) is 41.4 Å². The van der Waals surface area contributed by atoms with E-state index in [1.165, 1.54) is 31.4 Å². The number of hydrogen-bond donors (Lipinski definition) is 0. The first kappa shape index (κ1) is 26.2. The molecular formula is C32H33F3N2O. The Morgan fingerprint density at radius 3 is 2.26 bits per heavy atom. The lowest BCUT2D eigenvalue weighted by Crippen LogP contribution is -2.40. The Bertz CT molecular complexity index is 1380. The molecule has 1 saturated heterocycles. The number of benzene rings is 4. The Balaban J connectivity index is 1.49. The molecule has 0 N–H and O–H groups in total. The Labute approximate surface area is 221 Å². The van der Waals surface area contributed by atoms with E-state index in [1.54, 1.807) is 4.90 Å². The van der Waals surface area contributed by atoms with E-state index in [9.17, 15) is 18.0 Å². The largest absolute Gasteiger partial charge is 0.416 e. The third-order valence-corrected chi connectivity index (χ3v) is 7.77. The van der Waals surface area contributed by atoms with Gasteiger partial charge in [0, 0.05) is 31.2 Å². The molecule has 4 aromatic carbocycles. The van der Waals surface area contributed by atoms with Crippen LogP contribution in [0.1, 0.15) is 54.1 Å². The van der Waals surface area contributed by atoms with Crippen molar-refractivity contribution >= 4 is 27.5 Å². The summed E-state index contributed by atoms with van der Waals surface area (Å²) in [6.45, 7) is 4.95. The minimum Gasteiger partial charge on any atom is -0.334 e. The lowest BCUT2D eigenvalue weighted by molar-refractivity contribution is -0.137. The van der Waals surface area contributed by atoms with Crippen molar-refractivity contribution in [2.24, 2.45) is 0 Å². The summed E-state index contributed by atoms with van der Waals surface area (Å²) < 4.78 is 40.3. The SMILES string of the molecule is CC1CCCCN1CCCN(Cc1c2ccccc2cc2ccccc12)C(=O)c1cccc(C(F)(F)F)c1. The van der Waals surface area contributed by atoms with Crippen LogP contribution in [0.25, 0.3) is 21.5 Å². The second-order valence-electron chi connectivity index (χ2n) is 10.3. The zero-order valence-electron chi connectivity index (χ0n) is 21.7. The number of carbonyl (C=O) groups is 1. The molecule has 6 heteroatoms. The van der Waals surface area contributed by atoms with Crippen LogP contribution in [0.4, 0.5) is 13.2 Å². The normalized spacial score (nSPS) is 16.7. The molecule has 1 amide bonds. The molecule has 4 aromatic rings. The Morgan fingerprint density at radius 1 is 0.921 bits per heavy atom. The summed E-state index contributed by atoms with van der Waals surface area (Å²) in [5.41, 5.74) is 0.280.